The van der Waals surface area contributed by atoms with Gasteiger partial charge < -0.3 is 113 Å². The van der Waals surface area contributed by atoms with E-state index >= 15 is 0 Å². The summed E-state index contributed by atoms with van der Waals surface area (Å²) in [6, 6.07) is 0. The largest absolute Gasteiger partial charge is 0.465 e. The fourth-order valence-electron chi connectivity index (χ4n) is 15.2. The van der Waals surface area contributed by atoms with Crippen LogP contribution in [0.1, 0.15) is 73.1 Å². The number of ether oxygens (including phenoxy) is 12. The molecule has 29 atom stereocenters. The van der Waals surface area contributed by atoms with Gasteiger partial charge in [-0.25, -0.2) is 0 Å². The van der Waals surface area contributed by atoms with E-state index in [1.54, 1.807) is 0 Å². The maximum atomic E-state index is 12.4. The summed E-state index contributed by atoms with van der Waals surface area (Å²) in [4.78, 5) is 24.8. The van der Waals surface area contributed by atoms with E-state index < -0.39 is 189 Å². The van der Waals surface area contributed by atoms with Crippen molar-refractivity contribution in [3.05, 3.63) is 23.8 Å². The lowest BCUT2D eigenvalue weighted by Gasteiger charge is -2.60. The van der Waals surface area contributed by atoms with Crippen LogP contribution in [0.2, 0.25) is 0 Å². The Bertz CT molecular complexity index is 2200. The summed E-state index contributed by atoms with van der Waals surface area (Å²) in [5.41, 5.74) is -2.06. The van der Waals surface area contributed by atoms with Crippen LogP contribution in [0.15, 0.2) is 23.8 Å². The van der Waals surface area contributed by atoms with Crippen molar-refractivity contribution in [1.82, 2.24) is 0 Å². The van der Waals surface area contributed by atoms with Gasteiger partial charge in [-0.15, -0.1) is 0 Å². The molecule has 10 aliphatic rings. The molecule has 11 N–H and O–H groups in total. The van der Waals surface area contributed by atoms with Gasteiger partial charge in [0.05, 0.1) is 70.0 Å². The Kier molecular flexibility index (Phi) is 16.3. The highest BCUT2D eigenvalue weighted by Crippen LogP contribution is 2.71. The third kappa shape index (κ3) is 9.86. The molecule has 6 saturated heterocycles. The first-order chi connectivity index (χ1) is 36.4. The number of hydrogen-bond donors (Lipinski definition) is 11. The number of hydrogen-bond acceptors (Lipinski definition) is 25. The molecule has 1 spiro atoms. The Balaban J connectivity index is 0.950. The summed E-state index contributed by atoms with van der Waals surface area (Å²) >= 11 is 0. The van der Waals surface area contributed by atoms with Gasteiger partial charge in [0.15, 0.2) is 31.3 Å². The molecule has 436 valence electrons. The summed E-state index contributed by atoms with van der Waals surface area (Å²) in [5.74, 6) is -3.83. The van der Waals surface area contributed by atoms with Crippen LogP contribution in [-0.4, -0.2) is 242 Å². The molecule has 25 nitrogen and oxygen atoms in total. The molecule has 10 rings (SSSR count). The number of fused-ring (bicyclic) bond motifs is 7. The monoisotopic (exact) mass is 1100 g/mol. The lowest BCUT2D eigenvalue weighted by atomic mass is 9.46. The van der Waals surface area contributed by atoms with Crippen LogP contribution in [0.5, 0.6) is 0 Å². The van der Waals surface area contributed by atoms with Crippen molar-refractivity contribution in [3.8, 4) is 0 Å². The van der Waals surface area contributed by atoms with Crippen molar-refractivity contribution < 1.29 is 123 Å². The number of aliphatic hydroxyl groups is 11. The molecule has 0 amide bonds. The second-order valence-corrected chi connectivity index (χ2v) is 23.8. The molecule has 0 radical (unpaired) electrons. The van der Waals surface area contributed by atoms with Gasteiger partial charge in [0.1, 0.15) is 72.7 Å². The predicted molar refractivity (Wildman–Crippen MR) is 253 cm³/mol. The average molecular weight is 1100 g/mol. The second kappa shape index (κ2) is 21.7. The Hall–Kier alpha value is -2.42. The number of aliphatic hydroxyl groups excluding tert-OH is 10. The summed E-state index contributed by atoms with van der Waals surface area (Å²) < 4.78 is 73.8. The van der Waals surface area contributed by atoms with Gasteiger partial charge in [0, 0.05) is 31.6 Å². The van der Waals surface area contributed by atoms with Crippen LogP contribution in [0, 0.1) is 40.4 Å². The molecule has 3 saturated carbocycles. The van der Waals surface area contributed by atoms with Crippen LogP contribution in [-0.2, 0) is 66.4 Å². The van der Waals surface area contributed by atoms with Crippen LogP contribution in [0.25, 0.3) is 0 Å². The number of carbonyl (C=O) groups is 2. The topological polar surface area (TPSA) is 367 Å². The fourth-order valence-corrected chi connectivity index (χ4v) is 15.2. The minimum Gasteiger partial charge on any atom is -0.465 e. The van der Waals surface area contributed by atoms with Crippen molar-refractivity contribution in [1.29, 1.82) is 0 Å². The first-order valence-corrected chi connectivity index (χ1v) is 26.9. The molecule has 6 heterocycles. The summed E-state index contributed by atoms with van der Waals surface area (Å²) in [7, 11) is 0. The number of esters is 2. The molecule has 4 aliphatic carbocycles. The van der Waals surface area contributed by atoms with Crippen molar-refractivity contribution in [2.45, 2.75) is 207 Å². The zero-order chi connectivity index (χ0) is 55.4. The zero-order valence-electron chi connectivity index (χ0n) is 43.8. The van der Waals surface area contributed by atoms with Gasteiger partial charge in [-0.05, 0) is 67.8 Å². The van der Waals surface area contributed by atoms with E-state index in [4.69, 9.17) is 56.8 Å². The van der Waals surface area contributed by atoms with Gasteiger partial charge in [0.2, 0.25) is 5.79 Å². The van der Waals surface area contributed by atoms with E-state index in [2.05, 4.69) is 26.5 Å². The molecule has 0 unspecified atom stereocenters. The predicted octanol–water partition coefficient (Wildman–Crippen LogP) is -3.10. The first kappa shape index (κ1) is 57.8. The highest BCUT2D eigenvalue weighted by Gasteiger charge is 2.73. The Labute approximate surface area is 444 Å². The normalized spacial score (nSPS) is 53.5. The van der Waals surface area contributed by atoms with E-state index in [9.17, 15) is 65.8 Å². The smallest absolute Gasteiger partial charge is 0.303 e. The Morgan fingerprint density at radius 3 is 2.18 bits per heavy atom. The SMILES string of the molecule is C=C1CO[C@@]2(O[C@H]3C[C@H]4[C@@H]5CC=C6C[C@@H](O)C[C@@H](O[C@@H]7OC[C@H](O)[C@H](O[C@@H]8OC[C@@H](O)[C@H](O)[C@H]8O)[C@H]7O[C@@H]7O[C@@H](C)[C@H](OC(C)=O)[C@@H](O[C@@H]8OC[C@](O)(CO)[C@H]8O)[C@H]7O)[C@]6(C)[C@H]5CC[C@]4(C)[C@H]3[C@@H]2COC(C)=O)[C@@H](O)[C@H]1O. The Morgan fingerprint density at radius 1 is 0.779 bits per heavy atom. The first-order valence-electron chi connectivity index (χ1n) is 26.9. The molecule has 77 heavy (non-hydrogen) atoms. The van der Waals surface area contributed by atoms with Gasteiger partial charge in [-0.2, -0.15) is 0 Å². The minimum atomic E-state index is -2.13. The molecule has 9 fully saturated rings. The van der Waals surface area contributed by atoms with Crippen LogP contribution in [0.3, 0.4) is 0 Å². The van der Waals surface area contributed by atoms with E-state index in [1.807, 2.05) is 0 Å². The molecule has 0 bridgehead atoms. The third-order valence-corrected chi connectivity index (χ3v) is 19.3. The Morgan fingerprint density at radius 2 is 1.48 bits per heavy atom. The van der Waals surface area contributed by atoms with Crippen LogP contribution in [0.4, 0.5) is 0 Å². The van der Waals surface area contributed by atoms with Crippen molar-refractivity contribution in [2.75, 3.05) is 39.6 Å². The molecular formula is C52H78O25. The number of allylic oxidation sites excluding steroid dienone is 1. The zero-order valence-corrected chi connectivity index (χ0v) is 43.8. The molecule has 25 heteroatoms. The quantitative estimate of drug-likeness (QED) is 0.0681. The lowest BCUT2D eigenvalue weighted by molar-refractivity contribution is -0.387. The van der Waals surface area contributed by atoms with Gasteiger partial charge >= 0.3 is 11.9 Å². The fraction of sp³-hybridized carbons (Fsp3) is 0.885. The highest BCUT2D eigenvalue weighted by atomic mass is 16.8. The number of carbonyl (C=O) groups excluding carboxylic acids is 2. The van der Waals surface area contributed by atoms with Gasteiger partial charge in [-0.3, -0.25) is 9.59 Å². The second-order valence-electron chi connectivity index (χ2n) is 23.8. The maximum Gasteiger partial charge on any atom is 0.303 e. The van der Waals surface area contributed by atoms with Crippen molar-refractivity contribution in [2.24, 2.45) is 40.4 Å². The number of rotatable bonds is 12. The molecular weight excluding hydrogens is 1020 g/mol. The van der Waals surface area contributed by atoms with E-state index in [0.29, 0.717) is 37.7 Å². The minimum absolute atomic E-state index is 0.0278. The molecule has 0 aromatic heterocycles. The highest BCUT2D eigenvalue weighted by molar-refractivity contribution is 5.66. The van der Waals surface area contributed by atoms with Crippen LogP contribution < -0.4 is 0 Å². The standard InChI is InChI=1S/C52H78O25/c1-20-14-70-52(43(63)35(20)59)29(15-66-22(3)54)34-32(77-52)13-28-26-8-7-24-11-25(56)12-33(50(24,6)27(26)9-10-49(28,34)5)73-47-42(40(31(58)17-68-47)74-45-37(61)36(60)30(57)16-67-45)76-46-38(62)41(39(21(2)71-46)72-23(4)55)75-48-44(64)51(65,18-53)19-69-48/h7,21,25-48,53,56-65H,1,8-19H2,2-6H3/t21-,25+,26+,27-,28-,29-,30+,31-,32-,33+,34-,35-,36-,37+,38+,39-,40-,41-,42+,43-,44-,45-,46-,47-,48-,49-,50-,51+,52-/m0/s1. The lowest BCUT2D eigenvalue weighted by Crippen LogP contribution is -2.66. The molecule has 0 aromatic carbocycles. The van der Waals surface area contributed by atoms with Crippen molar-refractivity contribution in [3.63, 3.8) is 0 Å². The summed E-state index contributed by atoms with van der Waals surface area (Å²) in [6.07, 6.45) is -23.9. The van der Waals surface area contributed by atoms with E-state index in [1.165, 1.54) is 13.8 Å². The summed E-state index contributed by atoms with van der Waals surface area (Å²) in [6.45, 7) is 9.58. The van der Waals surface area contributed by atoms with Gasteiger partial charge in [-0.1, -0.05) is 32.1 Å². The third-order valence-electron chi connectivity index (χ3n) is 19.3. The van der Waals surface area contributed by atoms with E-state index in [-0.39, 0.29) is 43.3 Å². The summed E-state index contributed by atoms with van der Waals surface area (Å²) in [5, 5.41) is 122. The van der Waals surface area contributed by atoms with Crippen molar-refractivity contribution >= 4 is 11.9 Å². The maximum absolute atomic E-state index is 12.4. The van der Waals surface area contributed by atoms with Crippen LogP contribution >= 0.6 is 0 Å². The molecule has 6 aliphatic heterocycles. The average Bonchev–Trinajstić information content (AvgIpc) is 4.23. The molecule has 0 aromatic rings. The van der Waals surface area contributed by atoms with E-state index in [0.717, 1.165) is 12.5 Å². The van der Waals surface area contributed by atoms with Gasteiger partial charge in [0.25, 0.3) is 0 Å².